The number of hydrogen-bond donors (Lipinski definition) is 0. The van der Waals surface area contributed by atoms with Gasteiger partial charge in [0.1, 0.15) is 0 Å². The fraction of sp³-hybridized carbons (Fsp3) is 0.500. The van der Waals surface area contributed by atoms with Gasteiger partial charge in [0.25, 0.3) is 0 Å². The van der Waals surface area contributed by atoms with Crippen LogP contribution in [0.15, 0.2) is 0 Å². The molecule has 0 aliphatic heterocycles. The van der Waals surface area contributed by atoms with E-state index in [4.69, 9.17) is 4.79 Å². The van der Waals surface area contributed by atoms with Crippen LogP contribution in [0.25, 0.3) is 0 Å². The van der Waals surface area contributed by atoms with Crippen LogP contribution in [-0.2, 0) is 26.6 Å². The van der Waals surface area contributed by atoms with Crippen molar-refractivity contribution in [2.45, 2.75) is 0 Å². The van der Waals surface area contributed by atoms with Crippen molar-refractivity contribution >= 4 is 6.47 Å². The Labute approximate surface area is 41.0 Å². The summed E-state index contributed by atoms with van der Waals surface area (Å²) in [5, 5.41) is 0. The Balaban J connectivity index is 0. The van der Waals surface area contributed by atoms with E-state index in [-0.39, 0.29) is 17.1 Å². The summed E-state index contributed by atoms with van der Waals surface area (Å²) in [6.45, 7) is 1.18. The minimum absolute atomic E-state index is 0. The van der Waals surface area contributed by atoms with Gasteiger partial charge in [0.15, 0.2) is 0 Å². The molecule has 5 heavy (non-hydrogen) atoms. The first-order valence-electron chi connectivity index (χ1n) is 0.816. The molecule has 0 saturated carbocycles. The Hall–Kier alpha value is -0.0105. The monoisotopic (exact) mass is 122 g/mol. The molecule has 34 valence electrons. The predicted octanol–water partition coefficient (Wildman–Crippen LogP) is -0.302. The number of rotatable bonds is 1. The Morgan fingerprint density at radius 1 is 1.80 bits per heavy atom. The van der Waals surface area contributed by atoms with E-state index in [1.54, 1.807) is 0 Å². The summed E-state index contributed by atoms with van der Waals surface area (Å²) in [5.41, 5.74) is 0. The Morgan fingerprint density at radius 2 is 2.00 bits per heavy atom. The molecule has 0 aromatic heterocycles. The zero-order valence-corrected chi connectivity index (χ0v) is 3.56. The van der Waals surface area contributed by atoms with Gasteiger partial charge >= 0.3 is 17.1 Å². The van der Waals surface area contributed by atoms with Crippen LogP contribution < -0.4 is 0 Å². The van der Waals surface area contributed by atoms with Gasteiger partial charge in [-0.15, -0.1) is 0 Å². The molecular formula is C2H3CuO2. The summed E-state index contributed by atoms with van der Waals surface area (Å²) in [5.74, 6) is 0. The molecule has 0 aromatic carbocycles. The standard InChI is InChI=1S/C2H3O2.Cu/c1-4-2-3;/h1H3;/q-1;+1. The zero-order chi connectivity index (χ0) is 3.41. The fourth-order valence-electron chi connectivity index (χ4n) is 0. The van der Waals surface area contributed by atoms with Gasteiger partial charge < -0.3 is 9.53 Å². The first-order valence-corrected chi connectivity index (χ1v) is 0.816. The molecule has 3 heteroatoms. The van der Waals surface area contributed by atoms with E-state index >= 15 is 0 Å². The molecule has 0 aliphatic carbocycles. The Kier molecular flexibility index (Phi) is 16.0. The third kappa shape index (κ3) is 16.1. The van der Waals surface area contributed by atoms with E-state index in [0.29, 0.717) is 0 Å². The molecule has 0 unspecified atom stereocenters. The third-order valence-corrected chi connectivity index (χ3v) is 0.0833. The van der Waals surface area contributed by atoms with Crippen molar-refractivity contribution in [2.75, 3.05) is 7.11 Å². The molecule has 0 bridgehead atoms. The molecule has 0 fully saturated rings. The minimum atomic E-state index is 0. The van der Waals surface area contributed by atoms with Gasteiger partial charge in [0.05, 0.1) is 0 Å². The first-order chi connectivity index (χ1) is 1.91. The van der Waals surface area contributed by atoms with Gasteiger partial charge in [-0.3, -0.25) is 0 Å². The van der Waals surface area contributed by atoms with E-state index in [1.165, 1.54) is 13.6 Å². The van der Waals surface area contributed by atoms with Crippen molar-refractivity contribution in [1.82, 2.24) is 0 Å². The van der Waals surface area contributed by atoms with Crippen LogP contribution in [0, 0.1) is 0 Å². The van der Waals surface area contributed by atoms with Gasteiger partial charge in [0.2, 0.25) is 0 Å². The van der Waals surface area contributed by atoms with Crippen LogP contribution in [-0.4, -0.2) is 13.6 Å². The number of carbonyl (C=O) groups excluding carboxylic acids is 1. The fourth-order valence-corrected chi connectivity index (χ4v) is 0. The van der Waals surface area contributed by atoms with E-state index in [2.05, 4.69) is 4.74 Å². The second kappa shape index (κ2) is 9.01. The smallest absolute Gasteiger partial charge is 0.655 e. The molecular weight excluding hydrogens is 120 g/mol. The molecule has 0 radical (unpaired) electrons. The van der Waals surface area contributed by atoms with Crippen LogP contribution >= 0.6 is 0 Å². The van der Waals surface area contributed by atoms with Gasteiger partial charge in [0, 0.05) is 7.11 Å². The second-order valence-corrected chi connectivity index (χ2v) is 0.287. The largest absolute Gasteiger partial charge is 1.00 e. The topological polar surface area (TPSA) is 26.3 Å². The molecule has 0 amide bonds. The average molecular weight is 123 g/mol. The second-order valence-electron chi connectivity index (χ2n) is 0.287. The van der Waals surface area contributed by atoms with Crippen LogP contribution in [0.5, 0.6) is 0 Å². The Bertz CT molecular complexity index is 21.6. The number of methoxy groups -OCH3 is 1. The SMILES string of the molecule is CO[C-]=O.[Cu+]. The van der Waals surface area contributed by atoms with Gasteiger partial charge in [-0.05, 0) is 0 Å². The van der Waals surface area contributed by atoms with Crippen molar-refractivity contribution in [3.63, 3.8) is 0 Å². The summed E-state index contributed by atoms with van der Waals surface area (Å²) in [6, 6.07) is 0. The van der Waals surface area contributed by atoms with Crippen LogP contribution in [0.4, 0.5) is 0 Å². The van der Waals surface area contributed by atoms with E-state index in [1.807, 2.05) is 0 Å². The zero-order valence-electron chi connectivity index (χ0n) is 2.62. The van der Waals surface area contributed by atoms with E-state index in [0.717, 1.165) is 0 Å². The van der Waals surface area contributed by atoms with Gasteiger partial charge in [-0.25, -0.2) is 0 Å². The predicted molar refractivity (Wildman–Crippen MR) is 12.7 cm³/mol. The maximum atomic E-state index is 8.83. The molecule has 0 aliphatic rings. The maximum absolute atomic E-state index is 8.83. The molecule has 0 N–H and O–H groups in total. The molecule has 2 nitrogen and oxygen atoms in total. The number of hydrogen-bond acceptors (Lipinski definition) is 2. The van der Waals surface area contributed by atoms with Crippen molar-refractivity contribution in [2.24, 2.45) is 0 Å². The summed E-state index contributed by atoms with van der Waals surface area (Å²) < 4.78 is 3.74. The molecule has 0 rings (SSSR count). The quantitative estimate of drug-likeness (QED) is 0.353. The summed E-state index contributed by atoms with van der Waals surface area (Å²) in [4.78, 5) is 8.83. The summed E-state index contributed by atoms with van der Waals surface area (Å²) >= 11 is 0. The summed E-state index contributed by atoms with van der Waals surface area (Å²) in [7, 11) is 1.26. The van der Waals surface area contributed by atoms with Crippen LogP contribution in [0.1, 0.15) is 0 Å². The van der Waals surface area contributed by atoms with Crippen LogP contribution in [0.3, 0.4) is 0 Å². The van der Waals surface area contributed by atoms with Crippen molar-refractivity contribution < 1.29 is 26.6 Å². The molecule has 0 aromatic rings. The van der Waals surface area contributed by atoms with Crippen LogP contribution in [0.2, 0.25) is 0 Å². The molecule has 0 heterocycles. The van der Waals surface area contributed by atoms with E-state index < -0.39 is 0 Å². The van der Waals surface area contributed by atoms with E-state index in [9.17, 15) is 0 Å². The molecule has 0 spiro atoms. The van der Waals surface area contributed by atoms with Crippen molar-refractivity contribution in [3.05, 3.63) is 0 Å². The van der Waals surface area contributed by atoms with Crippen molar-refractivity contribution in [3.8, 4) is 0 Å². The van der Waals surface area contributed by atoms with Crippen molar-refractivity contribution in [1.29, 1.82) is 0 Å². The number of ether oxygens (including phenoxy) is 1. The maximum Gasteiger partial charge on any atom is 1.00 e. The van der Waals surface area contributed by atoms with Gasteiger partial charge in [-0.2, -0.15) is 0 Å². The average Bonchev–Trinajstić information content (AvgIpc) is 1.37. The van der Waals surface area contributed by atoms with Gasteiger partial charge in [-0.1, -0.05) is 6.47 Å². The third-order valence-electron chi connectivity index (χ3n) is 0.0833. The summed E-state index contributed by atoms with van der Waals surface area (Å²) in [6.07, 6.45) is 0. The molecule has 0 saturated heterocycles. The Morgan fingerprint density at radius 3 is 2.00 bits per heavy atom. The molecule has 0 atom stereocenters. The normalized spacial score (nSPS) is 4.20. The minimum Gasteiger partial charge on any atom is -0.655 e. The first kappa shape index (κ1) is 8.89.